The van der Waals surface area contributed by atoms with E-state index < -0.39 is 6.10 Å². The molecule has 1 atom stereocenters. The summed E-state index contributed by atoms with van der Waals surface area (Å²) in [5.41, 5.74) is 3.00. The Hall–Kier alpha value is -1.87. The molecule has 1 N–H and O–H groups in total. The van der Waals surface area contributed by atoms with Crippen LogP contribution in [0.2, 0.25) is 0 Å². The zero-order chi connectivity index (χ0) is 13.1. The zero-order valence-electron chi connectivity index (χ0n) is 10.8. The molecule has 3 nitrogen and oxygen atoms in total. The Morgan fingerprint density at radius 1 is 1.17 bits per heavy atom. The van der Waals surface area contributed by atoms with Gasteiger partial charge in [-0.25, -0.2) is 4.98 Å². The van der Waals surface area contributed by atoms with Gasteiger partial charge in [-0.1, -0.05) is 12.1 Å². The first kappa shape index (κ1) is 12.6. The highest BCUT2D eigenvalue weighted by molar-refractivity contribution is 5.38. The summed E-state index contributed by atoms with van der Waals surface area (Å²) >= 11 is 0. The number of hydrogen-bond donors (Lipinski definition) is 1. The second-order valence-electron chi connectivity index (χ2n) is 4.47. The molecule has 0 saturated carbocycles. The maximum absolute atomic E-state index is 9.53. The van der Waals surface area contributed by atoms with Gasteiger partial charge in [-0.3, -0.25) is 0 Å². The predicted molar refractivity (Wildman–Crippen MR) is 70.9 cm³/mol. The van der Waals surface area contributed by atoms with Crippen molar-refractivity contribution in [3.63, 3.8) is 0 Å². The van der Waals surface area contributed by atoms with E-state index in [0.29, 0.717) is 5.88 Å². The zero-order valence-corrected chi connectivity index (χ0v) is 10.8. The lowest BCUT2D eigenvalue weighted by Crippen LogP contribution is -1.95. The van der Waals surface area contributed by atoms with E-state index >= 15 is 0 Å². The van der Waals surface area contributed by atoms with Gasteiger partial charge in [0, 0.05) is 12.3 Å². The van der Waals surface area contributed by atoms with E-state index in [2.05, 4.69) is 4.98 Å². The maximum Gasteiger partial charge on any atom is 0.219 e. The van der Waals surface area contributed by atoms with E-state index in [4.69, 9.17) is 4.74 Å². The topological polar surface area (TPSA) is 42.4 Å². The van der Waals surface area contributed by atoms with Gasteiger partial charge in [0.1, 0.15) is 5.75 Å². The van der Waals surface area contributed by atoms with Gasteiger partial charge in [0.2, 0.25) is 5.88 Å². The molecule has 0 bridgehead atoms. The molecular weight excluding hydrogens is 226 g/mol. The Morgan fingerprint density at radius 3 is 2.67 bits per heavy atom. The molecule has 1 aromatic heterocycles. The van der Waals surface area contributed by atoms with Crippen molar-refractivity contribution in [1.82, 2.24) is 4.98 Å². The average molecular weight is 243 g/mol. The highest BCUT2D eigenvalue weighted by Crippen LogP contribution is 2.26. The number of nitrogens with zero attached hydrogens (tertiary/aromatic N) is 1. The van der Waals surface area contributed by atoms with Gasteiger partial charge >= 0.3 is 0 Å². The number of aliphatic hydroxyl groups is 1. The van der Waals surface area contributed by atoms with Crippen LogP contribution in [0.15, 0.2) is 36.5 Å². The van der Waals surface area contributed by atoms with Crippen LogP contribution >= 0.6 is 0 Å². The summed E-state index contributed by atoms with van der Waals surface area (Å²) < 4.78 is 5.76. The fourth-order valence-corrected chi connectivity index (χ4v) is 1.67. The third-order valence-corrected chi connectivity index (χ3v) is 2.80. The van der Waals surface area contributed by atoms with Crippen LogP contribution in [0.5, 0.6) is 11.6 Å². The lowest BCUT2D eigenvalue weighted by Gasteiger charge is -2.10. The number of aliphatic hydroxyl groups excluding tert-OH is 1. The lowest BCUT2D eigenvalue weighted by molar-refractivity contribution is 0.198. The Kier molecular flexibility index (Phi) is 3.63. The third-order valence-electron chi connectivity index (χ3n) is 2.80. The van der Waals surface area contributed by atoms with Crippen LogP contribution in [0, 0.1) is 13.8 Å². The van der Waals surface area contributed by atoms with E-state index in [1.54, 1.807) is 25.3 Å². The van der Waals surface area contributed by atoms with Gasteiger partial charge < -0.3 is 9.84 Å². The first-order valence-electron chi connectivity index (χ1n) is 5.95. The Morgan fingerprint density at radius 2 is 1.94 bits per heavy atom. The highest BCUT2D eigenvalue weighted by Gasteiger charge is 2.06. The SMILES string of the molecule is Cc1ccc(C)c(Oc2cc([C@@H](C)O)ccn2)c1. The van der Waals surface area contributed by atoms with Crippen LogP contribution in [-0.4, -0.2) is 10.1 Å². The summed E-state index contributed by atoms with van der Waals surface area (Å²) in [6.07, 6.45) is 1.12. The minimum atomic E-state index is -0.519. The Bertz CT molecular complexity index is 550. The number of benzene rings is 1. The number of hydrogen-bond acceptors (Lipinski definition) is 3. The lowest BCUT2D eigenvalue weighted by atomic mass is 10.1. The van der Waals surface area contributed by atoms with Crippen LogP contribution in [0.4, 0.5) is 0 Å². The second kappa shape index (κ2) is 5.19. The largest absolute Gasteiger partial charge is 0.439 e. The van der Waals surface area contributed by atoms with Crippen LogP contribution < -0.4 is 4.74 Å². The molecular formula is C15H17NO2. The van der Waals surface area contributed by atoms with Gasteiger partial charge in [-0.05, 0) is 49.6 Å². The summed E-state index contributed by atoms with van der Waals surface area (Å²) in [6.45, 7) is 5.73. The average Bonchev–Trinajstić information content (AvgIpc) is 2.34. The molecule has 0 saturated heterocycles. The van der Waals surface area contributed by atoms with E-state index in [1.165, 1.54) is 0 Å². The van der Waals surface area contributed by atoms with Crippen LogP contribution in [0.1, 0.15) is 29.7 Å². The monoisotopic (exact) mass is 243 g/mol. The molecule has 1 heterocycles. The molecule has 18 heavy (non-hydrogen) atoms. The molecule has 1 aromatic carbocycles. The number of ether oxygens (including phenoxy) is 1. The van der Waals surface area contributed by atoms with Crippen molar-refractivity contribution in [2.45, 2.75) is 26.9 Å². The smallest absolute Gasteiger partial charge is 0.219 e. The van der Waals surface area contributed by atoms with E-state index in [-0.39, 0.29) is 0 Å². The third kappa shape index (κ3) is 2.87. The summed E-state index contributed by atoms with van der Waals surface area (Å²) in [5.74, 6) is 1.30. The standard InChI is InChI=1S/C15H17NO2/c1-10-4-5-11(2)14(8-10)18-15-9-13(12(3)17)6-7-16-15/h4-9,12,17H,1-3H3/t12-/m1/s1. The molecule has 0 aliphatic rings. The van der Waals surface area contributed by atoms with Crippen molar-refractivity contribution in [3.05, 3.63) is 53.2 Å². The maximum atomic E-state index is 9.53. The van der Waals surface area contributed by atoms with E-state index in [9.17, 15) is 5.11 Å². The van der Waals surface area contributed by atoms with Gasteiger partial charge in [0.05, 0.1) is 6.10 Å². The highest BCUT2D eigenvalue weighted by atomic mass is 16.5. The van der Waals surface area contributed by atoms with Crippen molar-refractivity contribution in [1.29, 1.82) is 0 Å². The quantitative estimate of drug-likeness (QED) is 0.896. The molecule has 0 aliphatic heterocycles. The van der Waals surface area contributed by atoms with Crippen molar-refractivity contribution in [3.8, 4) is 11.6 Å². The number of aryl methyl sites for hydroxylation is 2. The molecule has 94 valence electrons. The molecule has 3 heteroatoms. The minimum Gasteiger partial charge on any atom is -0.439 e. The Labute approximate surface area is 107 Å². The first-order valence-corrected chi connectivity index (χ1v) is 5.95. The van der Waals surface area contributed by atoms with Crippen LogP contribution in [0.25, 0.3) is 0 Å². The normalized spacial score (nSPS) is 12.2. The van der Waals surface area contributed by atoms with Gasteiger partial charge in [0.25, 0.3) is 0 Å². The van der Waals surface area contributed by atoms with Crippen molar-refractivity contribution < 1.29 is 9.84 Å². The summed E-state index contributed by atoms with van der Waals surface area (Å²) in [5, 5.41) is 9.53. The molecule has 0 fully saturated rings. The van der Waals surface area contributed by atoms with Crippen LogP contribution in [-0.2, 0) is 0 Å². The fourth-order valence-electron chi connectivity index (χ4n) is 1.67. The number of aromatic nitrogens is 1. The van der Waals surface area contributed by atoms with Gasteiger partial charge in [0.15, 0.2) is 0 Å². The summed E-state index contributed by atoms with van der Waals surface area (Å²) in [7, 11) is 0. The molecule has 0 amide bonds. The van der Waals surface area contributed by atoms with Crippen molar-refractivity contribution >= 4 is 0 Å². The van der Waals surface area contributed by atoms with E-state index in [0.717, 1.165) is 22.4 Å². The van der Waals surface area contributed by atoms with Gasteiger partial charge in [-0.2, -0.15) is 0 Å². The molecule has 2 aromatic rings. The molecule has 0 radical (unpaired) electrons. The van der Waals surface area contributed by atoms with Gasteiger partial charge in [-0.15, -0.1) is 0 Å². The second-order valence-corrected chi connectivity index (χ2v) is 4.47. The number of rotatable bonds is 3. The Balaban J connectivity index is 2.28. The molecule has 0 spiro atoms. The van der Waals surface area contributed by atoms with Crippen molar-refractivity contribution in [2.24, 2.45) is 0 Å². The predicted octanol–water partition coefficient (Wildman–Crippen LogP) is 3.54. The summed E-state index contributed by atoms with van der Waals surface area (Å²) in [4.78, 5) is 4.15. The molecule has 2 rings (SSSR count). The number of pyridine rings is 1. The summed E-state index contributed by atoms with van der Waals surface area (Å²) in [6, 6.07) is 9.57. The minimum absolute atomic E-state index is 0.502. The fraction of sp³-hybridized carbons (Fsp3) is 0.267. The molecule has 0 unspecified atom stereocenters. The van der Waals surface area contributed by atoms with E-state index in [1.807, 2.05) is 32.0 Å². The first-order chi connectivity index (χ1) is 8.56. The van der Waals surface area contributed by atoms with Crippen molar-refractivity contribution in [2.75, 3.05) is 0 Å². The van der Waals surface area contributed by atoms with Crippen LogP contribution in [0.3, 0.4) is 0 Å². The molecule has 0 aliphatic carbocycles.